The van der Waals surface area contributed by atoms with E-state index in [2.05, 4.69) is 5.32 Å². The number of rotatable bonds is 7. The van der Waals surface area contributed by atoms with Crippen LogP contribution in [0.3, 0.4) is 0 Å². The molecule has 1 rings (SSSR count). The van der Waals surface area contributed by atoms with Crippen molar-refractivity contribution >= 4 is 6.09 Å². The summed E-state index contributed by atoms with van der Waals surface area (Å²) in [4.78, 5) is 10.3. The van der Waals surface area contributed by atoms with Crippen molar-refractivity contribution in [3.63, 3.8) is 0 Å². The first-order chi connectivity index (χ1) is 8.65. The molecule has 0 aliphatic heterocycles. The van der Waals surface area contributed by atoms with Gasteiger partial charge in [-0.2, -0.15) is 5.06 Å². The Morgan fingerprint density at radius 3 is 2.56 bits per heavy atom. The van der Waals surface area contributed by atoms with Gasteiger partial charge in [-0.25, -0.2) is 4.79 Å². The summed E-state index contributed by atoms with van der Waals surface area (Å²) < 4.78 is 0. The third-order valence-electron chi connectivity index (χ3n) is 2.54. The van der Waals surface area contributed by atoms with E-state index in [0.717, 1.165) is 5.56 Å². The fraction of sp³-hybridized carbons (Fsp3) is 0.417. The van der Waals surface area contributed by atoms with E-state index in [1.807, 2.05) is 30.3 Å². The van der Waals surface area contributed by atoms with Gasteiger partial charge in [0, 0.05) is 0 Å². The highest BCUT2D eigenvalue weighted by Gasteiger charge is 2.10. The lowest BCUT2D eigenvalue weighted by Gasteiger charge is -2.17. The van der Waals surface area contributed by atoms with Crippen LogP contribution in [-0.2, 0) is 0 Å². The number of amides is 1. The Labute approximate surface area is 105 Å². The molecule has 4 N–H and O–H groups in total. The number of aliphatic hydroxyl groups is 1. The zero-order chi connectivity index (χ0) is 13.4. The molecule has 0 heterocycles. The molecule has 0 saturated carbocycles. The van der Waals surface area contributed by atoms with Crippen molar-refractivity contribution in [2.24, 2.45) is 0 Å². The monoisotopic (exact) mass is 254 g/mol. The molecule has 1 aromatic carbocycles. The number of nitrogens with zero attached hydrogens (tertiary/aromatic N) is 1. The van der Waals surface area contributed by atoms with Crippen molar-refractivity contribution in [2.45, 2.75) is 12.5 Å². The Hall–Kier alpha value is -1.63. The second-order valence-electron chi connectivity index (χ2n) is 3.86. The minimum Gasteiger partial charge on any atom is -0.463 e. The summed E-state index contributed by atoms with van der Waals surface area (Å²) in [5.74, 6) is 0. The number of aliphatic hydroxyl groups excluding tert-OH is 1. The summed E-state index contributed by atoms with van der Waals surface area (Å²) in [6.45, 7) is 0.505. The van der Waals surface area contributed by atoms with E-state index in [1.165, 1.54) is 0 Å². The van der Waals surface area contributed by atoms with Gasteiger partial charge in [-0.1, -0.05) is 30.3 Å². The minimum atomic E-state index is -1.36. The molecule has 0 bridgehead atoms. The van der Waals surface area contributed by atoms with Crippen molar-refractivity contribution in [1.82, 2.24) is 10.4 Å². The molecule has 1 atom stereocenters. The Bertz CT molecular complexity index is 358. The van der Waals surface area contributed by atoms with Crippen LogP contribution in [0.2, 0.25) is 0 Å². The Kier molecular flexibility index (Phi) is 6.13. The largest absolute Gasteiger partial charge is 0.463 e. The highest BCUT2D eigenvalue weighted by atomic mass is 16.6. The Morgan fingerprint density at radius 1 is 1.33 bits per heavy atom. The van der Waals surface area contributed by atoms with Gasteiger partial charge in [-0.05, 0) is 18.5 Å². The molecule has 6 nitrogen and oxygen atoms in total. The van der Waals surface area contributed by atoms with Crippen LogP contribution in [0, 0.1) is 0 Å². The molecule has 100 valence electrons. The van der Waals surface area contributed by atoms with Crippen LogP contribution in [0.4, 0.5) is 4.79 Å². The molecule has 1 aromatic rings. The first-order valence-electron chi connectivity index (χ1n) is 5.73. The van der Waals surface area contributed by atoms with Gasteiger partial charge in [0.05, 0.1) is 19.2 Å². The summed E-state index contributed by atoms with van der Waals surface area (Å²) in [5, 5.41) is 30.0. The molecule has 0 radical (unpaired) electrons. The van der Waals surface area contributed by atoms with E-state index >= 15 is 0 Å². The zero-order valence-electron chi connectivity index (χ0n) is 9.99. The number of nitrogens with one attached hydrogen (secondary N) is 1. The molecule has 0 saturated heterocycles. The maximum Gasteiger partial charge on any atom is 0.431 e. The van der Waals surface area contributed by atoms with Crippen LogP contribution in [-0.4, -0.2) is 46.3 Å². The number of hydrogen-bond acceptors (Lipinski definition) is 4. The first-order valence-corrected chi connectivity index (χ1v) is 5.73. The predicted octanol–water partition coefficient (Wildman–Crippen LogP) is 1.07. The minimum absolute atomic E-state index is 0.0359. The third kappa shape index (κ3) is 4.70. The second kappa shape index (κ2) is 7.65. The Morgan fingerprint density at radius 2 is 2.00 bits per heavy atom. The van der Waals surface area contributed by atoms with Crippen molar-refractivity contribution < 1.29 is 20.2 Å². The number of carbonyl (C=O) groups is 1. The lowest BCUT2D eigenvalue weighted by molar-refractivity contribution is -0.0641. The van der Waals surface area contributed by atoms with Crippen LogP contribution in [0.5, 0.6) is 0 Å². The normalized spacial score (nSPS) is 12.1. The van der Waals surface area contributed by atoms with Crippen LogP contribution < -0.4 is 5.32 Å². The second-order valence-corrected chi connectivity index (χ2v) is 3.86. The first kappa shape index (κ1) is 14.4. The summed E-state index contributed by atoms with van der Waals surface area (Å²) in [6, 6.07) is 9.31. The number of benzene rings is 1. The molecule has 1 amide bonds. The molecule has 0 spiro atoms. The fourth-order valence-corrected chi connectivity index (χ4v) is 1.57. The highest BCUT2D eigenvalue weighted by molar-refractivity contribution is 5.63. The predicted molar refractivity (Wildman–Crippen MR) is 65.4 cm³/mol. The number of carboxylic acid groups (broad SMARTS) is 1. The van der Waals surface area contributed by atoms with Gasteiger partial charge in [0.2, 0.25) is 0 Å². The average Bonchev–Trinajstić information content (AvgIpc) is 2.39. The van der Waals surface area contributed by atoms with E-state index in [4.69, 9.17) is 10.3 Å². The summed E-state index contributed by atoms with van der Waals surface area (Å²) >= 11 is 0. The van der Waals surface area contributed by atoms with Gasteiger partial charge in [-0.15, -0.1) is 0 Å². The van der Waals surface area contributed by atoms with Crippen molar-refractivity contribution in [1.29, 1.82) is 0 Å². The zero-order valence-corrected chi connectivity index (χ0v) is 9.99. The maximum atomic E-state index is 10.3. The molecule has 0 fully saturated rings. The molecule has 0 aliphatic rings. The van der Waals surface area contributed by atoms with Gasteiger partial charge >= 0.3 is 6.09 Å². The van der Waals surface area contributed by atoms with E-state index in [0.29, 0.717) is 13.0 Å². The van der Waals surface area contributed by atoms with Gasteiger partial charge in [0.15, 0.2) is 0 Å². The van der Waals surface area contributed by atoms with E-state index < -0.39 is 6.09 Å². The molecule has 6 heteroatoms. The van der Waals surface area contributed by atoms with E-state index in [-0.39, 0.29) is 24.3 Å². The molecule has 0 aliphatic carbocycles. The smallest absolute Gasteiger partial charge is 0.431 e. The van der Waals surface area contributed by atoms with Gasteiger partial charge in [0.1, 0.15) is 0 Å². The van der Waals surface area contributed by atoms with Crippen LogP contribution in [0.15, 0.2) is 30.3 Å². The number of hydrogen-bond donors (Lipinski definition) is 4. The van der Waals surface area contributed by atoms with Crippen LogP contribution in [0.1, 0.15) is 18.0 Å². The van der Waals surface area contributed by atoms with Gasteiger partial charge in [0.25, 0.3) is 0 Å². The topological polar surface area (TPSA) is 93.0 Å². The van der Waals surface area contributed by atoms with E-state index in [1.54, 1.807) is 0 Å². The Balaban J connectivity index is 2.31. The van der Waals surface area contributed by atoms with Crippen molar-refractivity contribution in [3.8, 4) is 0 Å². The molecular weight excluding hydrogens is 236 g/mol. The lowest BCUT2D eigenvalue weighted by Crippen LogP contribution is -2.31. The van der Waals surface area contributed by atoms with Crippen LogP contribution >= 0.6 is 0 Å². The van der Waals surface area contributed by atoms with Crippen molar-refractivity contribution in [2.75, 3.05) is 19.7 Å². The quantitative estimate of drug-likeness (QED) is 0.332. The summed E-state index contributed by atoms with van der Waals surface area (Å²) in [5.41, 5.74) is 0.971. The van der Waals surface area contributed by atoms with Gasteiger partial charge < -0.3 is 15.5 Å². The molecule has 0 unspecified atom stereocenters. The SMILES string of the molecule is O=C(O)N(O)CCCN[C@@H](CO)c1ccccc1. The summed E-state index contributed by atoms with van der Waals surface area (Å²) in [7, 11) is 0. The molecule has 18 heavy (non-hydrogen) atoms. The maximum absolute atomic E-state index is 10.3. The fourth-order valence-electron chi connectivity index (χ4n) is 1.57. The average molecular weight is 254 g/mol. The number of hydroxylamine groups is 2. The van der Waals surface area contributed by atoms with Crippen molar-refractivity contribution in [3.05, 3.63) is 35.9 Å². The highest BCUT2D eigenvalue weighted by Crippen LogP contribution is 2.11. The molecular formula is C12H18N2O4. The van der Waals surface area contributed by atoms with Gasteiger partial charge in [-0.3, -0.25) is 5.21 Å². The third-order valence-corrected chi connectivity index (χ3v) is 2.54. The van der Waals surface area contributed by atoms with Crippen LogP contribution in [0.25, 0.3) is 0 Å². The van der Waals surface area contributed by atoms with E-state index in [9.17, 15) is 9.90 Å². The lowest BCUT2D eigenvalue weighted by atomic mass is 10.1. The molecule has 0 aromatic heterocycles. The summed E-state index contributed by atoms with van der Waals surface area (Å²) in [6.07, 6.45) is -0.900. The standard InChI is InChI=1S/C12H18N2O4/c15-9-11(10-5-2-1-3-6-10)13-7-4-8-14(18)12(16)17/h1-3,5-6,11,13,15,18H,4,7-9H2,(H,16,17)/t11-/m0/s1.